The summed E-state index contributed by atoms with van der Waals surface area (Å²) in [6, 6.07) is 0. The standard InChI is InChI=1S/C74H116O6/c1-4-7-10-13-16-19-21-23-25-27-29-30-31-32-33-34-35-36-37-38-39-40-41-42-43-44-46-47-49-51-53-55-58-61-64-67-73(76)79-70-71(69-78-72(75)66-63-60-57-18-15-12-9-6-3)80-74(77)68-65-62-59-56-54-52-50-48-45-28-26-24-22-20-17-14-11-8-5-2/h7-8,10-11,16-17,19-20,23-26,29-30,32-33,35-36,38-39,41-42,44-46,48,52,54,71H,4-6,9,12-15,18,21-22,27-28,31,34,37,40,43,47,49-51,53,55-70H2,1-3H3/b10-7-,11-8-,19-16-,20-17-,25-23-,26-24-,30-29-,33-32-,36-35-,39-38-,42-41-,46-44-,48-45-,54-52-. The third kappa shape index (κ3) is 63.6. The van der Waals surface area contributed by atoms with Gasteiger partial charge in [-0.05, 0) is 135 Å². The van der Waals surface area contributed by atoms with Crippen LogP contribution in [-0.2, 0) is 28.6 Å². The van der Waals surface area contributed by atoms with Gasteiger partial charge in [0.05, 0.1) is 0 Å². The molecule has 0 radical (unpaired) electrons. The minimum atomic E-state index is -0.806. The molecule has 0 bridgehead atoms. The van der Waals surface area contributed by atoms with Crippen molar-refractivity contribution < 1.29 is 28.6 Å². The Morgan fingerprint density at radius 3 is 0.775 bits per heavy atom. The van der Waals surface area contributed by atoms with Crippen molar-refractivity contribution >= 4 is 17.9 Å². The average Bonchev–Trinajstić information content (AvgIpc) is 3.46. The van der Waals surface area contributed by atoms with Gasteiger partial charge in [-0.2, -0.15) is 0 Å². The van der Waals surface area contributed by atoms with E-state index in [1.165, 1.54) is 57.8 Å². The minimum absolute atomic E-state index is 0.100. The molecule has 0 aliphatic carbocycles. The SMILES string of the molecule is CC/C=C\C/C=C\C/C=C\C/C=C\C/C=C\C/C=C\C/C=C\C/C=C\C/C=C\CCCCCCCCCC(=O)OCC(COC(=O)CCCCCCCCCC)OC(=O)CCCCC/C=C\C/C=C\C/C=C\C/C=C\C/C=C\CC. The van der Waals surface area contributed by atoms with Gasteiger partial charge in [-0.3, -0.25) is 14.4 Å². The second-order valence-electron chi connectivity index (χ2n) is 20.6. The maximum absolute atomic E-state index is 12.8. The Morgan fingerprint density at radius 2 is 0.487 bits per heavy atom. The van der Waals surface area contributed by atoms with Crippen LogP contribution in [0.4, 0.5) is 0 Å². The summed E-state index contributed by atoms with van der Waals surface area (Å²) in [6.45, 7) is 6.33. The fraction of sp³-hybridized carbons (Fsp3) is 0.581. The van der Waals surface area contributed by atoms with Crippen LogP contribution in [0, 0.1) is 0 Å². The van der Waals surface area contributed by atoms with E-state index in [-0.39, 0.29) is 37.5 Å². The maximum Gasteiger partial charge on any atom is 0.306 e. The fourth-order valence-electron chi connectivity index (χ4n) is 8.23. The lowest BCUT2D eigenvalue weighted by Crippen LogP contribution is -2.30. The lowest BCUT2D eigenvalue weighted by atomic mass is 10.1. The normalized spacial score (nSPS) is 13.3. The number of rotatable bonds is 56. The summed E-state index contributed by atoms with van der Waals surface area (Å²) in [5.74, 6) is -0.955. The van der Waals surface area contributed by atoms with Crippen molar-refractivity contribution in [3.05, 3.63) is 170 Å². The lowest BCUT2D eigenvalue weighted by Gasteiger charge is -2.18. The van der Waals surface area contributed by atoms with Crippen LogP contribution in [0.5, 0.6) is 0 Å². The van der Waals surface area contributed by atoms with Crippen LogP contribution in [0.3, 0.4) is 0 Å². The number of carbonyl (C=O) groups is 3. The molecule has 0 fully saturated rings. The van der Waals surface area contributed by atoms with E-state index in [4.69, 9.17) is 14.2 Å². The third-order valence-electron chi connectivity index (χ3n) is 13.0. The monoisotopic (exact) mass is 1100 g/mol. The van der Waals surface area contributed by atoms with Crippen LogP contribution in [0.15, 0.2) is 170 Å². The van der Waals surface area contributed by atoms with E-state index in [0.29, 0.717) is 12.8 Å². The van der Waals surface area contributed by atoms with Crippen LogP contribution in [-0.4, -0.2) is 37.2 Å². The molecule has 0 aromatic rings. The Labute approximate surface area is 492 Å². The number of ether oxygens (including phenoxy) is 3. The highest BCUT2D eigenvalue weighted by atomic mass is 16.6. The van der Waals surface area contributed by atoms with Gasteiger partial charge in [0.2, 0.25) is 0 Å². The number of carbonyl (C=O) groups excluding carboxylic acids is 3. The largest absolute Gasteiger partial charge is 0.462 e. The van der Waals surface area contributed by atoms with Gasteiger partial charge in [0, 0.05) is 19.3 Å². The van der Waals surface area contributed by atoms with E-state index in [0.717, 1.165) is 161 Å². The van der Waals surface area contributed by atoms with Gasteiger partial charge in [-0.1, -0.05) is 274 Å². The van der Waals surface area contributed by atoms with Crippen LogP contribution < -0.4 is 0 Å². The molecule has 0 aromatic carbocycles. The van der Waals surface area contributed by atoms with Crippen molar-refractivity contribution in [2.45, 2.75) is 264 Å². The molecule has 0 aliphatic rings. The highest BCUT2D eigenvalue weighted by Gasteiger charge is 2.19. The zero-order valence-electron chi connectivity index (χ0n) is 51.3. The molecule has 6 nitrogen and oxygen atoms in total. The average molecular weight is 1100 g/mol. The second-order valence-corrected chi connectivity index (χ2v) is 20.6. The van der Waals surface area contributed by atoms with Gasteiger partial charge < -0.3 is 14.2 Å². The predicted molar refractivity (Wildman–Crippen MR) is 348 cm³/mol. The van der Waals surface area contributed by atoms with Crippen molar-refractivity contribution in [1.82, 2.24) is 0 Å². The van der Waals surface area contributed by atoms with Crippen LogP contribution in [0.2, 0.25) is 0 Å². The van der Waals surface area contributed by atoms with Crippen LogP contribution in [0.1, 0.15) is 258 Å². The van der Waals surface area contributed by atoms with Crippen molar-refractivity contribution in [2.24, 2.45) is 0 Å². The van der Waals surface area contributed by atoms with Crippen molar-refractivity contribution in [3.8, 4) is 0 Å². The predicted octanol–water partition coefficient (Wildman–Crippen LogP) is 22.3. The van der Waals surface area contributed by atoms with Gasteiger partial charge >= 0.3 is 17.9 Å². The number of hydrogen-bond donors (Lipinski definition) is 0. The zero-order valence-corrected chi connectivity index (χ0v) is 51.3. The number of unbranched alkanes of at least 4 members (excludes halogenated alkanes) is 17. The topological polar surface area (TPSA) is 78.9 Å². The summed E-state index contributed by atoms with van der Waals surface area (Å²) >= 11 is 0. The quantitative estimate of drug-likeness (QED) is 0.0261. The van der Waals surface area contributed by atoms with Gasteiger partial charge in [0.15, 0.2) is 6.10 Å². The van der Waals surface area contributed by atoms with Crippen LogP contribution >= 0.6 is 0 Å². The zero-order chi connectivity index (χ0) is 57.8. The Kier molecular flexibility index (Phi) is 61.9. The summed E-state index contributed by atoms with van der Waals surface area (Å²) < 4.78 is 16.8. The first-order valence-electron chi connectivity index (χ1n) is 32.1. The van der Waals surface area contributed by atoms with Gasteiger partial charge in [-0.15, -0.1) is 0 Å². The van der Waals surface area contributed by atoms with Gasteiger partial charge in [0.25, 0.3) is 0 Å². The van der Waals surface area contributed by atoms with E-state index in [9.17, 15) is 14.4 Å². The van der Waals surface area contributed by atoms with E-state index in [2.05, 4.69) is 191 Å². The summed E-state index contributed by atoms with van der Waals surface area (Å²) in [5, 5.41) is 0. The van der Waals surface area contributed by atoms with E-state index >= 15 is 0 Å². The Balaban J connectivity index is 4.25. The molecule has 448 valence electrons. The Morgan fingerprint density at radius 1 is 0.263 bits per heavy atom. The molecule has 1 atom stereocenters. The summed E-state index contributed by atoms with van der Waals surface area (Å²) in [7, 11) is 0. The first kappa shape index (κ1) is 74.8. The molecule has 0 heterocycles. The molecule has 80 heavy (non-hydrogen) atoms. The molecule has 0 N–H and O–H groups in total. The third-order valence-corrected chi connectivity index (χ3v) is 13.0. The molecule has 0 saturated heterocycles. The smallest absolute Gasteiger partial charge is 0.306 e. The Bertz CT molecular complexity index is 1840. The highest BCUT2D eigenvalue weighted by Crippen LogP contribution is 2.14. The van der Waals surface area contributed by atoms with E-state index in [1.54, 1.807) is 0 Å². The summed E-state index contributed by atoms with van der Waals surface area (Å²) in [6.07, 6.45) is 98.1. The molecular formula is C74H116O6. The molecular weight excluding hydrogens is 985 g/mol. The number of esters is 3. The molecule has 0 aromatic heterocycles. The fourth-order valence-corrected chi connectivity index (χ4v) is 8.23. The molecule has 0 spiro atoms. The first-order chi connectivity index (χ1) is 39.5. The molecule has 0 rings (SSSR count). The van der Waals surface area contributed by atoms with E-state index in [1.807, 2.05) is 0 Å². The summed E-state index contributed by atoms with van der Waals surface area (Å²) in [5.41, 5.74) is 0. The van der Waals surface area contributed by atoms with Crippen molar-refractivity contribution in [3.63, 3.8) is 0 Å². The van der Waals surface area contributed by atoms with Crippen LogP contribution in [0.25, 0.3) is 0 Å². The molecule has 0 amide bonds. The number of allylic oxidation sites excluding steroid dienone is 28. The highest BCUT2D eigenvalue weighted by molar-refractivity contribution is 5.71. The lowest BCUT2D eigenvalue weighted by molar-refractivity contribution is -0.167. The Hall–Kier alpha value is -5.23. The van der Waals surface area contributed by atoms with Gasteiger partial charge in [0.1, 0.15) is 13.2 Å². The molecule has 0 aliphatic heterocycles. The molecule has 6 heteroatoms. The number of hydrogen-bond acceptors (Lipinski definition) is 6. The molecule has 1 unspecified atom stereocenters. The second kappa shape index (κ2) is 66.3. The summed E-state index contributed by atoms with van der Waals surface area (Å²) in [4.78, 5) is 38.1. The van der Waals surface area contributed by atoms with Crippen molar-refractivity contribution in [1.29, 1.82) is 0 Å². The van der Waals surface area contributed by atoms with E-state index < -0.39 is 6.10 Å². The maximum atomic E-state index is 12.8. The van der Waals surface area contributed by atoms with Gasteiger partial charge in [-0.25, -0.2) is 0 Å². The first-order valence-corrected chi connectivity index (χ1v) is 32.1. The molecule has 0 saturated carbocycles. The van der Waals surface area contributed by atoms with Crippen molar-refractivity contribution in [2.75, 3.05) is 13.2 Å². The minimum Gasteiger partial charge on any atom is -0.462 e.